The van der Waals surface area contributed by atoms with E-state index in [1.54, 1.807) is 6.92 Å². The number of hydrogen-bond donors (Lipinski definition) is 2. The van der Waals surface area contributed by atoms with Crippen LogP contribution in [0.2, 0.25) is 0 Å². The number of H-pyrrole nitrogens is 1. The molecule has 1 aliphatic heterocycles. The lowest BCUT2D eigenvalue weighted by atomic mass is 10.2. The summed E-state index contributed by atoms with van der Waals surface area (Å²) in [4.78, 5) is 24.6. The third-order valence-corrected chi connectivity index (χ3v) is 4.22. The van der Waals surface area contributed by atoms with Crippen LogP contribution in [-0.2, 0) is 11.2 Å². The Morgan fingerprint density at radius 3 is 2.79 bits per heavy atom. The van der Waals surface area contributed by atoms with Crippen LogP contribution in [0.5, 0.6) is 0 Å². The molecule has 0 aliphatic carbocycles. The summed E-state index contributed by atoms with van der Waals surface area (Å²) >= 11 is 3.10. The smallest absolute Gasteiger partial charge is 0.330 e. The molecular formula is C11H14BrFN2O4. The summed E-state index contributed by atoms with van der Waals surface area (Å²) in [5, 5.41) is 9.07. The van der Waals surface area contributed by atoms with E-state index in [0.717, 1.165) is 4.57 Å². The average molecular weight is 337 g/mol. The fourth-order valence-corrected chi connectivity index (χ4v) is 2.58. The van der Waals surface area contributed by atoms with Crippen molar-refractivity contribution in [2.75, 3.05) is 6.61 Å². The van der Waals surface area contributed by atoms with Crippen molar-refractivity contribution in [2.24, 2.45) is 0 Å². The van der Waals surface area contributed by atoms with Gasteiger partial charge in [0.2, 0.25) is 0 Å². The van der Waals surface area contributed by atoms with E-state index in [2.05, 4.69) is 20.9 Å². The number of aliphatic hydroxyl groups excluding tert-OH is 1. The van der Waals surface area contributed by atoms with Crippen molar-refractivity contribution >= 4 is 15.9 Å². The third kappa shape index (κ3) is 2.52. The zero-order valence-electron chi connectivity index (χ0n) is 10.2. The molecule has 1 aliphatic rings. The average Bonchev–Trinajstić information content (AvgIpc) is 2.67. The Labute approximate surface area is 116 Å². The lowest BCUT2D eigenvalue weighted by Crippen LogP contribution is -2.36. The Kier molecular flexibility index (Phi) is 4.22. The van der Waals surface area contributed by atoms with E-state index in [-0.39, 0.29) is 6.61 Å². The highest BCUT2D eigenvalue weighted by molar-refractivity contribution is 9.09. The molecule has 1 fully saturated rings. The Bertz CT molecular complexity index is 573. The molecule has 19 heavy (non-hydrogen) atoms. The van der Waals surface area contributed by atoms with E-state index in [1.165, 1.54) is 6.20 Å². The van der Waals surface area contributed by atoms with Gasteiger partial charge in [-0.25, -0.2) is 9.18 Å². The second-order valence-electron chi connectivity index (χ2n) is 4.31. The predicted octanol–water partition coefficient (Wildman–Crippen LogP) is 0.0903. The summed E-state index contributed by atoms with van der Waals surface area (Å²) in [6, 6.07) is 0. The van der Waals surface area contributed by atoms with Crippen molar-refractivity contribution in [2.45, 2.75) is 36.7 Å². The maximum absolute atomic E-state index is 14.1. The monoisotopic (exact) mass is 336 g/mol. The molecule has 6 nitrogen and oxygen atoms in total. The molecule has 0 bridgehead atoms. The van der Waals surface area contributed by atoms with Crippen molar-refractivity contribution < 1.29 is 14.2 Å². The Morgan fingerprint density at radius 1 is 1.58 bits per heavy atom. The molecule has 0 saturated carbocycles. The topological polar surface area (TPSA) is 84.3 Å². The standard InChI is InChI=1S/C11H14BrFN2O4/c1-2-5-3-15(11(18)14-9(5)17)10-8(13)7(12)6(4-16)19-10/h3,6-8,10,16H,2,4H2,1H3,(H,14,17,18)/t6-,7-,8+,10-/m1/s1. The van der Waals surface area contributed by atoms with E-state index in [1.807, 2.05) is 0 Å². The van der Waals surface area contributed by atoms with Gasteiger partial charge in [0.05, 0.1) is 17.5 Å². The molecule has 2 N–H and O–H groups in total. The first-order valence-electron chi connectivity index (χ1n) is 5.88. The molecule has 0 unspecified atom stereocenters. The quantitative estimate of drug-likeness (QED) is 0.766. The number of aromatic nitrogens is 2. The summed E-state index contributed by atoms with van der Waals surface area (Å²) in [6.45, 7) is 1.40. The van der Waals surface area contributed by atoms with Crippen molar-refractivity contribution in [1.82, 2.24) is 9.55 Å². The van der Waals surface area contributed by atoms with Gasteiger partial charge in [-0.05, 0) is 6.42 Å². The minimum absolute atomic E-state index is 0.356. The normalized spacial score (nSPS) is 30.7. The molecule has 8 heteroatoms. The zero-order valence-corrected chi connectivity index (χ0v) is 11.8. The number of halogens is 2. The summed E-state index contributed by atoms with van der Waals surface area (Å²) in [7, 11) is 0. The number of hydrogen-bond acceptors (Lipinski definition) is 4. The number of aliphatic hydroxyl groups is 1. The van der Waals surface area contributed by atoms with Crippen LogP contribution in [0.1, 0.15) is 18.7 Å². The van der Waals surface area contributed by atoms with Crippen LogP contribution < -0.4 is 11.2 Å². The van der Waals surface area contributed by atoms with Crippen molar-refractivity contribution in [1.29, 1.82) is 0 Å². The maximum atomic E-state index is 14.1. The molecule has 1 aromatic heterocycles. The minimum atomic E-state index is -1.49. The molecule has 0 radical (unpaired) electrons. The molecule has 0 amide bonds. The van der Waals surface area contributed by atoms with Crippen LogP contribution in [0.4, 0.5) is 4.39 Å². The molecular weight excluding hydrogens is 323 g/mol. The van der Waals surface area contributed by atoms with Crippen LogP contribution in [-0.4, -0.2) is 38.4 Å². The highest BCUT2D eigenvalue weighted by Crippen LogP contribution is 2.35. The van der Waals surface area contributed by atoms with Gasteiger partial charge in [0.15, 0.2) is 12.4 Å². The van der Waals surface area contributed by atoms with E-state index in [9.17, 15) is 14.0 Å². The Morgan fingerprint density at radius 2 is 2.26 bits per heavy atom. The van der Waals surface area contributed by atoms with Gasteiger partial charge in [-0.3, -0.25) is 14.3 Å². The van der Waals surface area contributed by atoms with E-state index < -0.39 is 34.6 Å². The molecule has 2 rings (SSSR count). The summed E-state index contributed by atoms with van der Waals surface area (Å²) < 4.78 is 20.4. The van der Waals surface area contributed by atoms with Crippen molar-refractivity contribution in [3.8, 4) is 0 Å². The second-order valence-corrected chi connectivity index (χ2v) is 5.37. The first-order chi connectivity index (χ1) is 8.99. The molecule has 1 saturated heterocycles. The number of aryl methyl sites for hydroxylation is 1. The van der Waals surface area contributed by atoms with Crippen LogP contribution in [0.3, 0.4) is 0 Å². The van der Waals surface area contributed by atoms with Gasteiger partial charge in [-0.15, -0.1) is 0 Å². The van der Waals surface area contributed by atoms with Crippen LogP contribution in [0.15, 0.2) is 15.8 Å². The predicted molar refractivity (Wildman–Crippen MR) is 69.3 cm³/mol. The summed E-state index contributed by atoms with van der Waals surface area (Å²) in [6.07, 6.45) is -1.66. The number of ether oxygens (including phenoxy) is 1. The van der Waals surface area contributed by atoms with E-state index >= 15 is 0 Å². The molecule has 0 spiro atoms. The zero-order chi connectivity index (χ0) is 14.2. The van der Waals surface area contributed by atoms with Crippen LogP contribution >= 0.6 is 15.9 Å². The fraction of sp³-hybridized carbons (Fsp3) is 0.636. The molecule has 2 heterocycles. The lowest BCUT2D eigenvalue weighted by molar-refractivity contribution is -0.0391. The van der Waals surface area contributed by atoms with Gasteiger partial charge in [0, 0.05) is 11.8 Å². The van der Waals surface area contributed by atoms with Crippen LogP contribution in [0.25, 0.3) is 0 Å². The Hall–Kier alpha value is -0.990. The number of alkyl halides is 2. The third-order valence-electron chi connectivity index (χ3n) is 3.12. The van der Waals surface area contributed by atoms with Crippen molar-refractivity contribution in [3.05, 3.63) is 32.6 Å². The van der Waals surface area contributed by atoms with Crippen LogP contribution in [0, 0.1) is 0 Å². The SMILES string of the molecule is CCc1cn([C@@H]2O[C@H](CO)[C@@H](Br)[C@@H]2F)c(=O)[nH]c1=O. The Balaban J connectivity index is 2.43. The first kappa shape index (κ1) is 14.4. The highest BCUT2D eigenvalue weighted by atomic mass is 79.9. The molecule has 1 aromatic rings. The lowest BCUT2D eigenvalue weighted by Gasteiger charge is -2.16. The number of nitrogens with zero attached hydrogens (tertiary/aromatic N) is 1. The number of rotatable bonds is 3. The van der Waals surface area contributed by atoms with E-state index in [0.29, 0.717) is 12.0 Å². The van der Waals surface area contributed by atoms with E-state index in [4.69, 9.17) is 9.84 Å². The largest absolute Gasteiger partial charge is 0.394 e. The maximum Gasteiger partial charge on any atom is 0.330 e. The molecule has 0 aromatic carbocycles. The summed E-state index contributed by atoms with van der Waals surface area (Å²) in [5.74, 6) is 0. The van der Waals surface area contributed by atoms with Gasteiger partial charge < -0.3 is 9.84 Å². The number of nitrogens with one attached hydrogen (secondary N) is 1. The van der Waals surface area contributed by atoms with Gasteiger partial charge in [-0.1, -0.05) is 22.9 Å². The van der Waals surface area contributed by atoms with Crippen molar-refractivity contribution in [3.63, 3.8) is 0 Å². The number of aromatic amines is 1. The second kappa shape index (κ2) is 5.56. The van der Waals surface area contributed by atoms with Gasteiger partial charge in [-0.2, -0.15) is 0 Å². The summed E-state index contributed by atoms with van der Waals surface area (Å²) in [5.41, 5.74) is -0.839. The highest BCUT2D eigenvalue weighted by Gasteiger charge is 2.44. The molecule has 106 valence electrons. The van der Waals surface area contributed by atoms with Gasteiger partial charge in [0.1, 0.15) is 0 Å². The van der Waals surface area contributed by atoms with Gasteiger partial charge >= 0.3 is 5.69 Å². The minimum Gasteiger partial charge on any atom is -0.394 e. The fourth-order valence-electron chi connectivity index (χ4n) is 2.02. The first-order valence-corrected chi connectivity index (χ1v) is 6.80. The molecule has 4 atom stereocenters. The van der Waals surface area contributed by atoms with Gasteiger partial charge in [0.25, 0.3) is 5.56 Å².